The summed E-state index contributed by atoms with van der Waals surface area (Å²) in [4.78, 5) is 26.4. The monoisotopic (exact) mass is 492 g/mol. The number of hydrogen-bond donors (Lipinski definition) is 1. The fourth-order valence-corrected chi connectivity index (χ4v) is 4.71. The third-order valence-electron chi connectivity index (χ3n) is 6.92. The highest BCUT2D eigenvalue weighted by atomic mass is 16.5. The number of hydrogen-bond acceptors (Lipinski definition) is 7. The van der Waals surface area contributed by atoms with Crippen molar-refractivity contribution in [3.05, 3.63) is 53.5 Å². The number of nitrogens with zero attached hydrogens (tertiary/aromatic N) is 4. The van der Waals surface area contributed by atoms with Crippen molar-refractivity contribution in [1.82, 2.24) is 19.8 Å². The normalized spacial score (nSPS) is 21.6. The van der Waals surface area contributed by atoms with E-state index in [2.05, 4.69) is 40.7 Å². The first kappa shape index (κ1) is 26.1. The quantitative estimate of drug-likeness (QED) is 0.620. The molecular weight excluding hydrogens is 456 g/mol. The molecule has 4 rings (SSSR count). The topological polar surface area (TPSA) is 88.0 Å². The number of amides is 1. The summed E-state index contributed by atoms with van der Waals surface area (Å²) in [7, 11) is 2.12. The van der Waals surface area contributed by atoms with Gasteiger partial charge in [-0.15, -0.1) is 0 Å². The highest BCUT2D eigenvalue weighted by molar-refractivity contribution is 5.97. The summed E-state index contributed by atoms with van der Waals surface area (Å²) in [6, 6.07) is 6.95. The molecule has 1 fully saturated rings. The van der Waals surface area contributed by atoms with E-state index in [0.717, 1.165) is 39.1 Å². The third-order valence-corrected chi connectivity index (χ3v) is 6.92. The molecule has 1 N–H and O–H groups in total. The van der Waals surface area contributed by atoms with Gasteiger partial charge in [-0.3, -0.25) is 4.79 Å². The minimum atomic E-state index is -0.324. The zero-order valence-corrected chi connectivity index (χ0v) is 21.4. The smallest absolute Gasteiger partial charge is 0.259 e. The van der Waals surface area contributed by atoms with Crippen LogP contribution in [0.25, 0.3) is 0 Å². The number of aliphatic hydroxyl groups excluding tert-OH is 1. The first-order chi connectivity index (χ1) is 17.4. The van der Waals surface area contributed by atoms with Crippen LogP contribution in [0, 0.1) is 23.7 Å². The van der Waals surface area contributed by atoms with E-state index in [9.17, 15) is 9.90 Å². The van der Waals surface area contributed by atoms with Crippen LogP contribution in [0.15, 0.2) is 36.7 Å². The lowest BCUT2D eigenvalue weighted by Gasteiger charge is -2.38. The molecule has 36 heavy (non-hydrogen) atoms. The van der Waals surface area contributed by atoms with E-state index in [1.54, 1.807) is 23.4 Å². The molecule has 2 aromatic heterocycles. The minimum absolute atomic E-state index is 0.0543. The number of carbonyl (C=O) groups excluding carboxylic acids is 1. The van der Waals surface area contributed by atoms with Gasteiger partial charge in [0, 0.05) is 56.7 Å². The van der Waals surface area contributed by atoms with Crippen LogP contribution in [0.1, 0.15) is 48.3 Å². The molecule has 4 heterocycles. The van der Waals surface area contributed by atoms with Crippen molar-refractivity contribution in [3.8, 4) is 17.7 Å². The SMILES string of the molecule is C[C@@H]1CN([C@@H](C)CO)C(=O)c2cc(C#Cc3ccccn3)cnc2O[C@@H]1CN(C)CC1CCOCC1. The van der Waals surface area contributed by atoms with Crippen molar-refractivity contribution in [3.63, 3.8) is 0 Å². The molecule has 8 nitrogen and oxygen atoms in total. The van der Waals surface area contributed by atoms with Crippen molar-refractivity contribution >= 4 is 5.91 Å². The van der Waals surface area contributed by atoms with E-state index in [-0.39, 0.29) is 30.6 Å². The molecule has 2 aliphatic heterocycles. The molecule has 0 bridgehead atoms. The van der Waals surface area contributed by atoms with Gasteiger partial charge in [-0.1, -0.05) is 18.9 Å². The zero-order chi connectivity index (χ0) is 25.5. The summed E-state index contributed by atoms with van der Waals surface area (Å²) in [5.74, 6) is 6.85. The van der Waals surface area contributed by atoms with Crippen molar-refractivity contribution in [1.29, 1.82) is 0 Å². The Bertz CT molecular complexity index is 1080. The average Bonchev–Trinajstić information content (AvgIpc) is 2.90. The Labute approximate surface area is 213 Å². The highest BCUT2D eigenvalue weighted by Gasteiger charge is 2.34. The van der Waals surface area contributed by atoms with Crippen LogP contribution in [0.4, 0.5) is 0 Å². The van der Waals surface area contributed by atoms with Gasteiger partial charge in [0.15, 0.2) is 0 Å². The molecule has 192 valence electrons. The van der Waals surface area contributed by atoms with Gasteiger partial charge in [0.25, 0.3) is 5.91 Å². The first-order valence-corrected chi connectivity index (χ1v) is 12.7. The summed E-state index contributed by atoms with van der Waals surface area (Å²) in [6.07, 6.45) is 5.32. The molecular formula is C28H36N4O4. The summed E-state index contributed by atoms with van der Waals surface area (Å²) in [5, 5.41) is 9.87. The Balaban J connectivity index is 1.59. The number of ether oxygens (including phenoxy) is 2. The van der Waals surface area contributed by atoms with Crippen LogP contribution < -0.4 is 4.74 Å². The van der Waals surface area contributed by atoms with Crippen LogP contribution in [0.5, 0.6) is 5.88 Å². The third kappa shape index (κ3) is 6.61. The Morgan fingerprint density at radius 3 is 2.75 bits per heavy atom. The van der Waals surface area contributed by atoms with E-state index >= 15 is 0 Å². The maximum Gasteiger partial charge on any atom is 0.259 e. The lowest BCUT2D eigenvalue weighted by molar-refractivity contribution is 0.0254. The number of pyridine rings is 2. The molecule has 8 heteroatoms. The average molecular weight is 493 g/mol. The number of fused-ring (bicyclic) bond motifs is 1. The fraction of sp³-hybridized carbons (Fsp3) is 0.536. The Morgan fingerprint density at radius 2 is 2.03 bits per heavy atom. The van der Waals surface area contributed by atoms with Gasteiger partial charge < -0.3 is 24.4 Å². The molecule has 2 aromatic rings. The second-order valence-corrected chi connectivity index (χ2v) is 9.94. The predicted molar refractivity (Wildman–Crippen MR) is 137 cm³/mol. The highest BCUT2D eigenvalue weighted by Crippen LogP contribution is 2.27. The van der Waals surface area contributed by atoms with Crippen LogP contribution in [0.3, 0.4) is 0 Å². The Hall–Kier alpha value is -2.99. The molecule has 1 amide bonds. The van der Waals surface area contributed by atoms with Crippen LogP contribution in [-0.4, -0.2) is 89.4 Å². The van der Waals surface area contributed by atoms with Crippen LogP contribution in [-0.2, 0) is 4.74 Å². The van der Waals surface area contributed by atoms with Crippen molar-refractivity contribution in [2.45, 2.75) is 38.8 Å². The van der Waals surface area contributed by atoms with E-state index in [4.69, 9.17) is 9.47 Å². The van der Waals surface area contributed by atoms with E-state index in [1.807, 2.05) is 25.1 Å². The number of carbonyl (C=O) groups is 1. The van der Waals surface area contributed by atoms with E-state index in [1.165, 1.54) is 0 Å². The Morgan fingerprint density at radius 1 is 1.22 bits per heavy atom. The van der Waals surface area contributed by atoms with Gasteiger partial charge in [0.1, 0.15) is 17.4 Å². The fourth-order valence-electron chi connectivity index (χ4n) is 4.71. The number of aliphatic hydroxyl groups is 1. The van der Waals surface area contributed by atoms with Crippen molar-refractivity contribution in [2.75, 3.05) is 46.5 Å². The molecule has 3 atom stereocenters. The summed E-state index contributed by atoms with van der Waals surface area (Å²) in [5.41, 5.74) is 1.62. The molecule has 0 saturated carbocycles. The Kier molecular flexibility index (Phi) is 8.92. The largest absolute Gasteiger partial charge is 0.472 e. The van der Waals surface area contributed by atoms with Crippen LogP contribution in [0.2, 0.25) is 0 Å². The molecule has 0 unspecified atom stereocenters. The molecule has 0 radical (unpaired) electrons. The van der Waals surface area contributed by atoms with Gasteiger partial charge in [-0.2, -0.15) is 0 Å². The second-order valence-electron chi connectivity index (χ2n) is 9.94. The molecule has 1 saturated heterocycles. The molecule has 0 aromatic carbocycles. The van der Waals surface area contributed by atoms with Gasteiger partial charge in [-0.05, 0) is 56.9 Å². The standard InChI is InChI=1S/C28H36N4O4/c1-20-16-32(21(2)19-33)28(34)25-14-23(7-8-24-6-4-5-11-29-24)15-30-27(25)36-26(20)18-31(3)17-22-9-12-35-13-10-22/h4-6,11,14-15,20-22,26,33H,9-10,12-13,16-19H2,1-3H3/t20-,21+,26-/m1/s1. The molecule has 0 spiro atoms. The van der Waals surface area contributed by atoms with Crippen molar-refractivity contribution < 1.29 is 19.4 Å². The lowest BCUT2D eigenvalue weighted by atomic mass is 9.97. The number of rotatable bonds is 6. The molecule has 0 aliphatic carbocycles. The summed E-state index contributed by atoms with van der Waals surface area (Å²) < 4.78 is 11.9. The van der Waals surface area contributed by atoms with Gasteiger partial charge >= 0.3 is 0 Å². The van der Waals surface area contributed by atoms with Crippen molar-refractivity contribution in [2.24, 2.45) is 11.8 Å². The minimum Gasteiger partial charge on any atom is -0.472 e. The second kappa shape index (κ2) is 12.3. The maximum absolute atomic E-state index is 13.6. The first-order valence-electron chi connectivity index (χ1n) is 12.7. The van der Waals surface area contributed by atoms with E-state index in [0.29, 0.717) is 35.2 Å². The zero-order valence-electron chi connectivity index (χ0n) is 21.4. The van der Waals surface area contributed by atoms with Crippen LogP contribution >= 0.6 is 0 Å². The van der Waals surface area contributed by atoms with Gasteiger partial charge in [0.2, 0.25) is 5.88 Å². The number of likely N-dealkylation sites (N-methyl/N-ethyl adjacent to an activating group) is 1. The molecule has 2 aliphatic rings. The summed E-state index contributed by atoms with van der Waals surface area (Å²) >= 11 is 0. The van der Waals surface area contributed by atoms with E-state index < -0.39 is 0 Å². The summed E-state index contributed by atoms with van der Waals surface area (Å²) in [6.45, 7) is 7.67. The van der Waals surface area contributed by atoms with Gasteiger partial charge in [-0.25, -0.2) is 9.97 Å². The lowest BCUT2D eigenvalue weighted by Crippen LogP contribution is -2.50. The van der Waals surface area contributed by atoms with Gasteiger partial charge in [0.05, 0.1) is 12.6 Å². The number of aromatic nitrogens is 2. The maximum atomic E-state index is 13.6. The predicted octanol–water partition coefficient (Wildman–Crippen LogP) is 2.45.